The fraction of sp³-hybridized carbons (Fsp3) is 0.538. The topological polar surface area (TPSA) is 35.5 Å². The summed E-state index contributed by atoms with van der Waals surface area (Å²) in [4.78, 5) is 0.556. The molecule has 108 valence electrons. The highest BCUT2D eigenvalue weighted by Crippen LogP contribution is 2.24. The minimum Gasteiger partial charge on any atom is -0.353 e. The van der Waals surface area contributed by atoms with Gasteiger partial charge in [-0.3, -0.25) is 4.21 Å². The van der Waals surface area contributed by atoms with E-state index in [9.17, 15) is 4.21 Å². The number of benzene rings is 1. The van der Waals surface area contributed by atoms with E-state index in [2.05, 4.69) is 0 Å². The van der Waals surface area contributed by atoms with Gasteiger partial charge in [-0.2, -0.15) is 0 Å². The highest BCUT2D eigenvalue weighted by Gasteiger charge is 2.14. The third-order valence-electron chi connectivity index (χ3n) is 2.38. The van der Waals surface area contributed by atoms with E-state index in [1.165, 1.54) is 0 Å². The van der Waals surface area contributed by atoms with Crippen LogP contribution in [0.25, 0.3) is 0 Å². The van der Waals surface area contributed by atoms with E-state index in [0.29, 0.717) is 40.3 Å². The molecule has 0 aromatic heterocycles. The molecule has 0 saturated carbocycles. The minimum absolute atomic E-state index is 0.322. The Morgan fingerprint density at radius 1 is 1.21 bits per heavy atom. The molecule has 0 spiro atoms. The number of halogens is 2. The average Bonchev–Trinajstić information content (AvgIpc) is 2.39. The monoisotopic (exact) mass is 324 g/mol. The van der Waals surface area contributed by atoms with Crippen LogP contribution in [0.1, 0.15) is 20.3 Å². The molecular weight excluding hydrogens is 307 g/mol. The second kappa shape index (κ2) is 8.93. The lowest BCUT2D eigenvalue weighted by atomic mass is 10.4. The summed E-state index contributed by atoms with van der Waals surface area (Å²) < 4.78 is 23.0. The number of rotatable bonds is 8. The smallest absolute Gasteiger partial charge is 0.158 e. The van der Waals surface area contributed by atoms with E-state index >= 15 is 0 Å². The van der Waals surface area contributed by atoms with Gasteiger partial charge in [-0.25, -0.2) is 0 Å². The van der Waals surface area contributed by atoms with Crippen LogP contribution in [-0.4, -0.2) is 29.5 Å². The average molecular weight is 325 g/mol. The third-order valence-corrected chi connectivity index (χ3v) is 4.49. The molecule has 1 atom stereocenters. The first kappa shape index (κ1) is 16.9. The predicted molar refractivity (Wildman–Crippen MR) is 79.4 cm³/mol. The van der Waals surface area contributed by atoms with Gasteiger partial charge in [0.05, 0.1) is 20.7 Å². The maximum atomic E-state index is 12.2. The zero-order valence-corrected chi connectivity index (χ0v) is 13.4. The maximum absolute atomic E-state index is 12.2. The second-order valence-corrected chi connectivity index (χ2v) is 6.14. The Kier molecular flexibility index (Phi) is 7.95. The summed E-state index contributed by atoms with van der Waals surface area (Å²) in [5.74, 6) is 0.421. The molecule has 6 heteroatoms. The number of hydrogen-bond donors (Lipinski definition) is 0. The van der Waals surface area contributed by atoms with E-state index in [1.807, 2.05) is 13.8 Å². The van der Waals surface area contributed by atoms with E-state index in [-0.39, 0.29) is 6.29 Å². The molecule has 1 unspecified atom stereocenters. The molecule has 0 fully saturated rings. The van der Waals surface area contributed by atoms with Gasteiger partial charge in [0, 0.05) is 30.4 Å². The number of hydrogen-bond acceptors (Lipinski definition) is 3. The molecule has 0 saturated heterocycles. The van der Waals surface area contributed by atoms with Crippen molar-refractivity contribution in [1.82, 2.24) is 0 Å². The van der Waals surface area contributed by atoms with Gasteiger partial charge in [0.2, 0.25) is 0 Å². The fourth-order valence-corrected chi connectivity index (χ4v) is 3.33. The van der Waals surface area contributed by atoms with Crippen molar-refractivity contribution < 1.29 is 13.7 Å². The SMILES string of the molecule is CCOC(CCS(=O)c1cc(Cl)ccc1Cl)OCC. The molecule has 1 aromatic carbocycles. The highest BCUT2D eigenvalue weighted by molar-refractivity contribution is 7.85. The first-order valence-corrected chi connectivity index (χ1v) is 8.22. The molecule has 0 aliphatic heterocycles. The van der Waals surface area contributed by atoms with Crippen LogP contribution in [-0.2, 0) is 20.3 Å². The fourth-order valence-electron chi connectivity index (χ4n) is 1.55. The Bertz CT molecular complexity index is 420. The summed E-state index contributed by atoms with van der Waals surface area (Å²) in [6, 6.07) is 4.96. The lowest BCUT2D eigenvalue weighted by molar-refractivity contribution is -0.136. The van der Waals surface area contributed by atoms with Crippen molar-refractivity contribution in [2.75, 3.05) is 19.0 Å². The van der Waals surface area contributed by atoms with E-state index in [4.69, 9.17) is 32.7 Å². The van der Waals surface area contributed by atoms with Crippen LogP contribution in [0.4, 0.5) is 0 Å². The van der Waals surface area contributed by atoms with Crippen LogP contribution in [0.2, 0.25) is 10.0 Å². The molecule has 0 N–H and O–H groups in total. The minimum atomic E-state index is -1.21. The molecule has 1 rings (SSSR count). The van der Waals surface area contributed by atoms with Crippen molar-refractivity contribution in [2.45, 2.75) is 31.5 Å². The quantitative estimate of drug-likeness (QED) is 0.680. The Balaban J connectivity index is 2.61. The number of ether oxygens (including phenoxy) is 2. The summed E-state index contributed by atoms with van der Waals surface area (Å²) >= 11 is 11.9. The maximum Gasteiger partial charge on any atom is 0.158 e. The van der Waals surface area contributed by atoms with Gasteiger partial charge < -0.3 is 9.47 Å². The first-order valence-electron chi connectivity index (χ1n) is 6.15. The van der Waals surface area contributed by atoms with Crippen LogP contribution >= 0.6 is 23.2 Å². The van der Waals surface area contributed by atoms with Crippen molar-refractivity contribution in [3.63, 3.8) is 0 Å². The van der Waals surface area contributed by atoms with E-state index in [0.717, 1.165) is 0 Å². The Hall–Kier alpha value is -0.130. The van der Waals surface area contributed by atoms with Gasteiger partial charge in [-0.05, 0) is 32.0 Å². The molecule has 1 aromatic rings. The Morgan fingerprint density at radius 3 is 2.42 bits per heavy atom. The molecule has 0 bridgehead atoms. The largest absolute Gasteiger partial charge is 0.353 e. The molecule has 19 heavy (non-hydrogen) atoms. The second-order valence-electron chi connectivity index (χ2n) is 3.75. The summed E-state index contributed by atoms with van der Waals surface area (Å²) in [6.45, 7) is 4.93. The van der Waals surface area contributed by atoms with Gasteiger partial charge in [0.25, 0.3) is 0 Å². The summed E-state index contributed by atoms with van der Waals surface area (Å²) in [5.41, 5.74) is 0. The van der Waals surface area contributed by atoms with Crippen LogP contribution < -0.4 is 0 Å². The molecule has 0 radical (unpaired) electrons. The Labute approximate surface area is 126 Å². The van der Waals surface area contributed by atoms with Crippen molar-refractivity contribution in [1.29, 1.82) is 0 Å². The summed E-state index contributed by atoms with van der Waals surface area (Å²) in [5, 5.41) is 0.992. The van der Waals surface area contributed by atoms with Gasteiger partial charge in [0.15, 0.2) is 6.29 Å². The van der Waals surface area contributed by atoms with Crippen LogP contribution in [0, 0.1) is 0 Å². The van der Waals surface area contributed by atoms with Crippen molar-refractivity contribution >= 4 is 34.0 Å². The van der Waals surface area contributed by atoms with Gasteiger partial charge in [0.1, 0.15) is 0 Å². The van der Waals surface area contributed by atoms with Gasteiger partial charge >= 0.3 is 0 Å². The predicted octanol–water partition coefficient (Wildman–Crippen LogP) is 3.89. The van der Waals surface area contributed by atoms with Gasteiger partial charge in [-0.15, -0.1) is 0 Å². The van der Waals surface area contributed by atoms with Crippen molar-refractivity contribution in [2.24, 2.45) is 0 Å². The molecule has 0 aliphatic carbocycles. The van der Waals surface area contributed by atoms with E-state index < -0.39 is 10.8 Å². The molecule has 0 heterocycles. The normalized spacial score (nSPS) is 12.9. The van der Waals surface area contributed by atoms with Gasteiger partial charge in [-0.1, -0.05) is 23.2 Å². The van der Waals surface area contributed by atoms with Crippen molar-refractivity contribution in [3.05, 3.63) is 28.2 Å². The lowest BCUT2D eigenvalue weighted by Crippen LogP contribution is -2.20. The standard InChI is InChI=1S/C13H18Cl2O3S/c1-3-17-13(18-4-2)7-8-19(16)12-9-10(14)5-6-11(12)15/h5-6,9,13H,3-4,7-8H2,1-2H3. The molecule has 0 amide bonds. The van der Waals surface area contributed by atoms with Crippen LogP contribution in [0.5, 0.6) is 0 Å². The van der Waals surface area contributed by atoms with Crippen molar-refractivity contribution in [3.8, 4) is 0 Å². The van der Waals surface area contributed by atoms with Crippen LogP contribution in [0.3, 0.4) is 0 Å². The molecule has 3 nitrogen and oxygen atoms in total. The zero-order chi connectivity index (χ0) is 14.3. The first-order chi connectivity index (χ1) is 9.08. The Morgan fingerprint density at radius 2 is 1.84 bits per heavy atom. The third kappa shape index (κ3) is 5.79. The summed E-state index contributed by atoms with van der Waals surface area (Å²) in [7, 11) is -1.21. The highest BCUT2D eigenvalue weighted by atomic mass is 35.5. The zero-order valence-electron chi connectivity index (χ0n) is 11.0. The summed E-state index contributed by atoms with van der Waals surface area (Å²) in [6.07, 6.45) is 0.230. The van der Waals surface area contributed by atoms with E-state index in [1.54, 1.807) is 18.2 Å². The molecule has 0 aliphatic rings. The van der Waals surface area contributed by atoms with Crippen LogP contribution in [0.15, 0.2) is 23.1 Å². The molecular formula is C13H18Cl2O3S. The lowest BCUT2D eigenvalue weighted by Gasteiger charge is -2.16.